The Labute approximate surface area is 139 Å². The Morgan fingerprint density at radius 2 is 2.04 bits per heavy atom. The molecule has 1 aromatic rings. The van der Waals surface area contributed by atoms with E-state index in [1.165, 1.54) is 14.2 Å². The summed E-state index contributed by atoms with van der Waals surface area (Å²) in [6, 6.07) is 4.27. The third-order valence-corrected chi connectivity index (χ3v) is 3.61. The summed E-state index contributed by atoms with van der Waals surface area (Å²) < 4.78 is 20.9. The van der Waals surface area contributed by atoms with Crippen LogP contribution in [0.5, 0.6) is 11.5 Å². The molecule has 2 unspecified atom stereocenters. The van der Waals surface area contributed by atoms with Gasteiger partial charge in [-0.1, -0.05) is 6.07 Å². The van der Waals surface area contributed by atoms with Gasteiger partial charge in [0.15, 0.2) is 17.6 Å². The fourth-order valence-electron chi connectivity index (χ4n) is 2.40. The van der Waals surface area contributed by atoms with E-state index in [1.807, 2.05) is 0 Å². The van der Waals surface area contributed by atoms with Gasteiger partial charge in [0.05, 0.1) is 46.5 Å². The maximum Gasteiger partial charge on any atom is 0.305 e. The highest BCUT2D eigenvalue weighted by Gasteiger charge is 2.27. The van der Waals surface area contributed by atoms with E-state index in [2.05, 4.69) is 5.32 Å². The molecule has 0 radical (unpaired) electrons. The van der Waals surface area contributed by atoms with Gasteiger partial charge in [0.2, 0.25) is 0 Å². The molecule has 1 heterocycles. The Bertz CT molecular complexity index is 584. The van der Waals surface area contributed by atoms with Crippen LogP contribution in [0.1, 0.15) is 18.0 Å². The van der Waals surface area contributed by atoms with Crippen LogP contribution in [-0.2, 0) is 19.1 Å². The molecule has 0 spiro atoms. The maximum absolute atomic E-state index is 12.3. The molecule has 132 valence electrons. The molecule has 2 atom stereocenters. The molecule has 1 aromatic carbocycles. The first-order chi connectivity index (χ1) is 11.5. The van der Waals surface area contributed by atoms with Crippen LogP contribution in [0, 0.1) is 0 Å². The molecule has 2 N–H and O–H groups in total. The van der Waals surface area contributed by atoms with Gasteiger partial charge in [-0.3, -0.25) is 9.59 Å². The molecule has 8 nitrogen and oxygen atoms in total. The van der Waals surface area contributed by atoms with Crippen LogP contribution in [0.15, 0.2) is 18.2 Å². The van der Waals surface area contributed by atoms with E-state index in [4.69, 9.17) is 24.1 Å². The number of hydrogen-bond donors (Lipinski definition) is 2. The molecule has 1 aliphatic heterocycles. The Balaban J connectivity index is 2.18. The lowest BCUT2D eigenvalue weighted by molar-refractivity contribution is -0.148. The van der Waals surface area contributed by atoms with Crippen molar-refractivity contribution in [1.29, 1.82) is 0 Å². The number of rotatable bonds is 7. The number of carbonyl (C=O) groups excluding carboxylic acids is 1. The van der Waals surface area contributed by atoms with Crippen molar-refractivity contribution in [3.63, 3.8) is 0 Å². The molecular formula is C16H21NO7. The largest absolute Gasteiger partial charge is 0.493 e. The summed E-state index contributed by atoms with van der Waals surface area (Å²) in [5, 5.41) is 11.8. The highest BCUT2D eigenvalue weighted by Crippen LogP contribution is 2.31. The summed E-state index contributed by atoms with van der Waals surface area (Å²) in [4.78, 5) is 23.4. The Morgan fingerprint density at radius 1 is 1.29 bits per heavy atom. The minimum Gasteiger partial charge on any atom is -0.493 e. The van der Waals surface area contributed by atoms with Crippen LogP contribution in [-0.4, -0.2) is 57.1 Å². The van der Waals surface area contributed by atoms with Gasteiger partial charge >= 0.3 is 5.97 Å². The average molecular weight is 339 g/mol. The second kappa shape index (κ2) is 8.51. The van der Waals surface area contributed by atoms with E-state index >= 15 is 0 Å². The summed E-state index contributed by atoms with van der Waals surface area (Å²) in [6.07, 6.45) is -1.01. The number of aliphatic carboxylic acids is 1. The highest BCUT2D eigenvalue weighted by atomic mass is 16.6. The van der Waals surface area contributed by atoms with Crippen LogP contribution in [0.3, 0.4) is 0 Å². The zero-order valence-corrected chi connectivity index (χ0v) is 13.6. The first-order valence-electron chi connectivity index (χ1n) is 7.48. The lowest BCUT2D eigenvalue weighted by atomic mass is 10.0. The van der Waals surface area contributed by atoms with Gasteiger partial charge < -0.3 is 29.4 Å². The standard InChI is InChI=1S/C16H21NO7/c1-21-12-4-3-10(7-13(12)22-2)11(8-15(18)19)17-16(20)14-9-23-5-6-24-14/h3-4,7,11,14H,5-6,8-9H2,1-2H3,(H,17,20)(H,18,19). The average Bonchev–Trinajstić information content (AvgIpc) is 2.60. The molecule has 0 aliphatic carbocycles. The SMILES string of the molecule is COc1ccc(C(CC(=O)O)NC(=O)C2COCCO2)cc1OC. The number of carbonyl (C=O) groups is 2. The molecule has 1 fully saturated rings. The van der Waals surface area contributed by atoms with Gasteiger partial charge in [-0.2, -0.15) is 0 Å². The van der Waals surface area contributed by atoms with Gasteiger partial charge in [0.1, 0.15) is 0 Å². The van der Waals surface area contributed by atoms with Crippen LogP contribution in [0.4, 0.5) is 0 Å². The minimum absolute atomic E-state index is 0.150. The highest BCUT2D eigenvalue weighted by molar-refractivity contribution is 5.82. The van der Waals surface area contributed by atoms with Crippen molar-refractivity contribution in [3.05, 3.63) is 23.8 Å². The number of carboxylic acid groups (broad SMARTS) is 1. The van der Waals surface area contributed by atoms with Gasteiger partial charge in [-0.15, -0.1) is 0 Å². The second-order valence-electron chi connectivity index (χ2n) is 5.21. The zero-order valence-electron chi connectivity index (χ0n) is 13.6. The van der Waals surface area contributed by atoms with Crippen molar-refractivity contribution in [2.75, 3.05) is 34.0 Å². The zero-order chi connectivity index (χ0) is 17.5. The summed E-state index contributed by atoms with van der Waals surface area (Å²) >= 11 is 0. The van der Waals surface area contributed by atoms with E-state index in [0.29, 0.717) is 30.3 Å². The molecule has 2 rings (SSSR count). The van der Waals surface area contributed by atoms with Gasteiger partial charge in [0, 0.05) is 0 Å². The lowest BCUT2D eigenvalue weighted by Crippen LogP contribution is -2.44. The van der Waals surface area contributed by atoms with E-state index in [9.17, 15) is 9.59 Å². The Hall–Kier alpha value is -2.32. The third kappa shape index (κ3) is 4.59. The topological polar surface area (TPSA) is 103 Å². The monoisotopic (exact) mass is 339 g/mol. The van der Waals surface area contributed by atoms with Gasteiger partial charge in [-0.25, -0.2) is 0 Å². The minimum atomic E-state index is -1.03. The molecule has 8 heteroatoms. The summed E-state index contributed by atoms with van der Waals surface area (Å²) in [5.74, 6) is -0.464. The predicted octanol–water partition coefficient (Wildman–Crippen LogP) is 0.751. The number of amides is 1. The number of carboxylic acids is 1. The fourth-order valence-corrected chi connectivity index (χ4v) is 2.40. The van der Waals surface area contributed by atoms with Crippen LogP contribution in [0.2, 0.25) is 0 Å². The van der Waals surface area contributed by atoms with Crippen LogP contribution >= 0.6 is 0 Å². The summed E-state index contributed by atoms with van der Waals surface area (Å²) in [5.41, 5.74) is 0.597. The molecule has 1 aliphatic rings. The fraction of sp³-hybridized carbons (Fsp3) is 0.500. The summed E-state index contributed by atoms with van der Waals surface area (Å²) in [6.45, 7) is 0.924. The van der Waals surface area contributed by atoms with E-state index in [0.717, 1.165) is 0 Å². The first kappa shape index (κ1) is 18.0. The third-order valence-electron chi connectivity index (χ3n) is 3.61. The number of benzene rings is 1. The quantitative estimate of drug-likeness (QED) is 0.755. The first-order valence-corrected chi connectivity index (χ1v) is 7.48. The Kier molecular flexibility index (Phi) is 6.39. The molecule has 24 heavy (non-hydrogen) atoms. The van der Waals surface area contributed by atoms with Crippen molar-refractivity contribution >= 4 is 11.9 Å². The Morgan fingerprint density at radius 3 is 2.62 bits per heavy atom. The maximum atomic E-state index is 12.3. The number of methoxy groups -OCH3 is 2. The number of nitrogens with one attached hydrogen (secondary N) is 1. The smallest absolute Gasteiger partial charge is 0.305 e. The van der Waals surface area contributed by atoms with Crippen molar-refractivity contribution in [2.24, 2.45) is 0 Å². The van der Waals surface area contributed by atoms with Crippen LogP contribution < -0.4 is 14.8 Å². The molecule has 0 aromatic heterocycles. The van der Waals surface area contributed by atoms with Crippen molar-refractivity contribution in [3.8, 4) is 11.5 Å². The van der Waals surface area contributed by atoms with Crippen molar-refractivity contribution in [2.45, 2.75) is 18.6 Å². The number of ether oxygens (including phenoxy) is 4. The van der Waals surface area contributed by atoms with Crippen LogP contribution in [0.25, 0.3) is 0 Å². The van der Waals surface area contributed by atoms with E-state index in [1.54, 1.807) is 18.2 Å². The molecular weight excluding hydrogens is 318 g/mol. The van der Waals surface area contributed by atoms with Crippen molar-refractivity contribution in [1.82, 2.24) is 5.32 Å². The van der Waals surface area contributed by atoms with E-state index < -0.39 is 24.0 Å². The molecule has 1 saturated heterocycles. The van der Waals surface area contributed by atoms with E-state index in [-0.39, 0.29) is 13.0 Å². The molecule has 1 amide bonds. The number of hydrogen-bond acceptors (Lipinski definition) is 6. The van der Waals surface area contributed by atoms with Crippen molar-refractivity contribution < 1.29 is 33.6 Å². The lowest BCUT2D eigenvalue weighted by Gasteiger charge is -2.25. The molecule has 0 saturated carbocycles. The summed E-state index contributed by atoms with van der Waals surface area (Å²) in [7, 11) is 2.99. The normalized spacial score (nSPS) is 18.5. The van der Waals surface area contributed by atoms with Gasteiger partial charge in [0.25, 0.3) is 5.91 Å². The van der Waals surface area contributed by atoms with Gasteiger partial charge in [-0.05, 0) is 17.7 Å². The molecule has 0 bridgehead atoms. The predicted molar refractivity (Wildman–Crippen MR) is 83.2 cm³/mol. The second-order valence-corrected chi connectivity index (χ2v) is 5.21.